The number of esters is 1. The molecule has 1 aliphatic heterocycles. The van der Waals surface area contributed by atoms with Gasteiger partial charge in [0.25, 0.3) is 0 Å². The third-order valence-corrected chi connectivity index (χ3v) is 4.69. The molecule has 0 bridgehead atoms. The summed E-state index contributed by atoms with van der Waals surface area (Å²) in [6, 6.07) is 8.43. The highest BCUT2D eigenvalue weighted by Crippen LogP contribution is 2.22. The molecule has 0 unspecified atom stereocenters. The number of amides is 1. The lowest BCUT2D eigenvalue weighted by Crippen LogP contribution is -2.23. The first kappa shape index (κ1) is 19.0. The van der Waals surface area contributed by atoms with Gasteiger partial charge in [0.05, 0.1) is 5.56 Å². The summed E-state index contributed by atoms with van der Waals surface area (Å²) >= 11 is 6.02. The van der Waals surface area contributed by atoms with E-state index in [1.807, 2.05) is 0 Å². The summed E-state index contributed by atoms with van der Waals surface area (Å²) in [5.74, 6) is -0.934. The van der Waals surface area contributed by atoms with Crippen LogP contribution in [0.5, 0.6) is 0 Å². The number of aromatic nitrogens is 1. The van der Waals surface area contributed by atoms with Crippen LogP contribution in [-0.4, -0.2) is 35.8 Å². The number of carbonyl (C=O) groups is 3. The number of nitrogens with zero attached hydrogens (tertiary/aromatic N) is 2. The third kappa shape index (κ3) is 4.17. The highest BCUT2D eigenvalue weighted by molar-refractivity contribution is 6.32. The second kappa shape index (κ2) is 7.88. The first-order valence-corrected chi connectivity index (χ1v) is 8.99. The summed E-state index contributed by atoms with van der Waals surface area (Å²) in [6.07, 6.45) is 1.39. The van der Waals surface area contributed by atoms with Gasteiger partial charge < -0.3 is 9.64 Å². The van der Waals surface area contributed by atoms with Gasteiger partial charge in [-0.15, -0.1) is 0 Å². The van der Waals surface area contributed by atoms with Gasteiger partial charge in [-0.3, -0.25) is 9.59 Å². The summed E-state index contributed by atoms with van der Waals surface area (Å²) in [5.41, 5.74) is 2.67. The van der Waals surface area contributed by atoms with Crippen LogP contribution in [0.25, 0.3) is 0 Å². The molecule has 7 heteroatoms. The van der Waals surface area contributed by atoms with Crippen molar-refractivity contribution >= 4 is 34.9 Å². The molecule has 27 heavy (non-hydrogen) atoms. The van der Waals surface area contributed by atoms with Crippen molar-refractivity contribution in [3.63, 3.8) is 0 Å². The average Bonchev–Trinajstić information content (AvgIpc) is 3.05. The lowest BCUT2D eigenvalue weighted by Gasteiger charge is -2.15. The van der Waals surface area contributed by atoms with E-state index in [2.05, 4.69) is 4.98 Å². The molecule has 2 aromatic rings. The Kier molecular flexibility index (Phi) is 5.56. The van der Waals surface area contributed by atoms with Gasteiger partial charge in [0.15, 0.2) is 12.4 Å². The fourth-order valence-electron chi connectivity index (χ4n) is 3.07. The number of aryl methyl sites for hydroxylation is 2. The molecule has 0 spiro atoms. The van der Waals surface area contributed by atoms with Crippen LogP contribution in [-0.2, 0) is 9.53 Å². The molecule has 3 rings (SSSR count). The van der Waals surface area contributed by atoms with E-state index >= 15 is 0 Å². The van der Waals surface area contributed by atoms with Crippen LogP contribution >= 0.6 is 11.6 Å². The van der Waals surface area contributed by atoms with Crippen molar-refractivity contribution in [1.82, 2.24) is 4.98 Å². The Hall–Kier alpha value is -2.73. The standard InChI is InChI=1S/C20H19ClN2O4/c1-12-10-13(2)22-19(21)18(12)20(26)27-11-16(24)14-5-7-15(8-6-14)23-9-3-4-17(23)25/h5-8,10H,3-4,9,11H2,1-2H3. The fraction of sp³-hybridized carbons (Fsp3) is 0.300. The molecule has 1 fully saturated rings. The molecule has 1 saturated heterocycles. The maximum Gasteiger partial charge on any atom is 0.342 e. The van der Waals surface area contributed by atoms with Crippen molar-refractivity contribution in [3.05, 3.63) is 57.9 Å². The van der Waals surface area contributed by atoms with Crippen LogP contribution in [0.1, 0.15) is 44.8 Å². The normalized spacial score (nSPS) is 13.7. The number of ether oxygens (including phenoxy) is 1. The fourth-order valence-corrected chi connectivity index (χ4v) is 3.43. The first-order valence-electron chi connectivity index (χ1n) is 8.61. The summed E-state index contributed by atoms with van der Waals surface area (Å²) in [4.78, 5) is 42.1. The first-order chi connectivity index (χ1) is 12.9. The van der Waals surface area contributed by atoms with E-state index in [9.17, 15) is 14.4 Å². The maximum absolute atomic E-state index is 12.3. The monoisotopic (exact) mass is 386 g/mol. The summed E-state index contributed by atoms with van der Waals surface area (Å²) < 4.78 is 5.12. The van der Waals surface area contributed by atoms with Crippen molar-refractivity contribution in [3.8, 4) is 0 Å². The SMILES string of the molecule is Cc1cc(C)c(C(=O)OCC(=O)c2ccc(N3CCCC3=O)cc2)c(Cl)n1. The molecule has 140 valence electrons. The van der Waals surface area contributed by atoms with Gasteiger partial charge in [0.1, 0.15) is 5.15 Å². The number of benzene rings is 1. The van der Waals surface area contributed by atoms with E-state index in [4.69, 9.17) is 16.3 Å². The van der Waals surface area contributed by atoms with Gasteiger partial charge in [-0.05, 0) is 56.2 Å². The Balaban J connectivity index is 1.64. The molecule has 1 aliphatic rings. The molecular weight excluding hydrogens is 368 g/mol. The number of pyridine rings is 1. The molecule has 0 atom stereocenters. The number of carbonyl (C=O) groups excluding carboxylic acids is 3. The van der Waals surface area contributed by atoms with Crippen molar-refractivity contribution in [2.45, 2.75) is 26.7 Å². The molecule has 1 aromatic heterocycles. The minimum absolute atomic E-state index is 0.0598. The van der Waals surface area contributed by atoms with Gasteiger partial charge in [-0.25, -0.2) is 9.78 Å². The van der Waals surface area contributed by atoms with Gasteiger partial charge >= 0.3 is 5.97 Å². The molecular formula is C20H19ClN2O4. The lowest BCUT2D eigenvalue weighted by molar-refractivity contribution is -0.117. The number of Topliss-reactive ketones (excluding diaryl/α,β-unsaturated/α-hetero) is 1. The Labute approximate surface area is 162 Å². The predicted molar refractivity (Wildman–Crippen MR) is 101 cm³/mol. The molecule has 0 saturated carbocycles. The minimum Gasteiger partial charge on any atom is -0.454 e. The van der Waals surface area contributed by atoms with Crippen molar-refractivity contribution < 1.29 is 19.1 Å². The maximum atomic E-state index is 12.3. The highest BCUT2D eigenvalue weighted by atomic mass is 35.5. The smallest absolute Gasteiger partial charge is 0.342 e. The van der Waals surface area contributed by atoms with E-state index in [0.717, 1.165) is 12.1 Å². The van der Waals surface area contributed by atoms with Crippen molar-refractivity contribution in [2.75, 3.05) is 18.1 Å². The van der Waals surface area contributed by atoms with Gasteiger partial charge in [0, 0.05) is 29.9 Å². The largest absolute Gasteiger partial charge is 0.454 e. The van der Waals surface area contributed by atoms with E-state index in [-0.39, 0.29) is 22.4 Å². The molecule has 0 aliphatic carbocycles. The number of ketones is 1. The predicted octanol–water partition coefficient (Wildman–Crippen LogP) is 3.52. The van der Waals surface area contributed by atoms with Crippen LogP contribution < -0.4 is 4.90 Å². The van der Waals surface area contributed by atoms with Gasteiger partial charge in [-0.1, -0.05) is 11.6 Å². The Morgan fingerprint density at radius 2 is 1.93 bits per heavy atom. The molecule has 2 heterocycles. The van der Waals surface area contributed by atoms with Crippen molar-refractivity contribution in [2.24, 2.45) is 0 Å². The van der Waals surface area contributed by atoms with Crippen LogP contribution in [0.15, 0.2) is 30.3 Å². The third-order valence-electron chi connectivity index (χ3n) is 4.41. The summed E-state index contributed by atoms with van der Waals surface area (Å²) in [5, 5.41) is 0.0598. The summed E-state index contributed by atoms with van der Waals surface area (Å²) in [7, 11) is 0. The lowest BCUT2D eigenvalue weighted by atomic mass is 10.1. The Morgan fingerprint density at radius 1 is 1.22 bits per heavy atom. The number of anilines is 1. The summed E-state index contributed by atoms with van der Waals surface area (Å²) in [6.45, 7) is 3.80. The second-order valence-corrected chi connectivity index (χ2v) is 6.80. The highest BCUT2D eigenvalue weighted by Gasteiger charge is 2.22. The van der Waals surface area contributed by atoms with Gasteiger partial charge in [0.2, 0.25) is 5.91 Å². The van der Waals surface area contributed by atoms with Crippen LogP contribution in [0, 0.1) is 13.8 Å². The number of hydrogen-bond acceptors (Lipinski definition) is 5. The number of rotatable bonds is 5. The number of halogens is 1. The Bertz CT molecular complexity index is 886. The van der Waals surface area contributed by atoms with E-state index in [1.165, 1.54) is 0 Å². The van der Waals surface area contributed by atoms with Gasteiger partial charge in [-0.2, -0.15) is 0 Å². The Morgan fingerprint density at radius 3 is 2.52 bits per heavy atom. The average molecular weight is 387 g/mol. The zero-order valence-corrected chi connectivity index (χ0v) is 15.9. The molecule has 1 amide bonds. The van der Waals surface area contributed by atoms with E-state index in [0.29, 0.717) is 29.8 Å². The van der Waals surface area contributed by atoms with Crippen molar-refractivity contribution in [1.29, 1.82) is 0 Å². The molecule has 1 aromatic carbocycles. The molecule has 6 nitrogen and oxygen atoms in total. The van der Waals surface area contributed by atoms with Crippen LogP contribution in [0.4, 0.5) is 5.69 Å². The zero-order chi connectivity index (χ0) is 19.6. The molecule has 0 radical (unpaired) electrons. The van der Waals surface area contributed by atoms with E-state index in [1.54, 1.807) is 49.1 Å². The number of hydrogen-bond donors (Lipinski definition) is 0. The van der Waals surface area contributed by atoms with E-state index < -0.39 is 12.6 Å². The quantitative estimate of drug-likeness (QED) is 0.446. The second-order valence-electron chi connectivity index (χ2n) is 6.44. The van der Waals surface area contributed by atoms with Crippen LogP contribution in [0.2, 0.25) is 5.15 Å². The minimum atomic E-state index is -0.683. The topological polar surface area (TPSA) is 76.6 Å². The zero-order valence-electron chi connectivity index (χ0n) is 15.1. The van der Waals surface area contributed by atoms with Crippen LogP contribution in [0.3, 0.4) is 0 Å². The molecule has 0 N–H and O–H groups in total.